The topological polar surface area (TPSA) is 6.48 Å². The maximum atomic E-state index is 3.42. The zero-order valence-corrected chi connectivity index (χ0v) is 50.8. The van der Waals surface area contributed by atoms with E-state index in [1.165, 1.54) is 167 Å². The summed E-state index contributed by atoms with van der Waals surface area (Å²) in [5.74, 6) is 17.8. The molecule has 0 aromatic carbocycles. The number of allylic oxidation sites excluding steroid dienone is 4. The van der Waals surface area contributed by atoms with Crippen LogP contribution >= 0.6 is 0 Å². The molecule has 2 heteroatoms. The van der Waals surface area contributed by atoms with Crippen molar-refractivity contribution in [3.8, 4) is 0 Å². The first-order chi connectivity index (χ1) is 37.3. The Hall–Kier alpha value is -0.600. The summed E-state index contributed by atoms with van der Waals surface area (Å²) in [4.78, 5) is 6.84. The Morgan fingerprint density at radius 3 is 0.684 bits per heavy atom. The van der Waals surface area contributed by atoms with E-state index >= 15 is 0 Å². The highest BCUT2D eigenvalue weighted by Gasteiger charge is 2.55. The van der Waals surface area contributed by atoms with Gasteiger partial charge in [0.25, 0.3) is 0 Å². The van der Waals surface area contributed by atoms with Gasteiger partial charge < -0.3 is 0 Å². The lowest BCUT2D eigenvalue weighted by atomic mass is 9.48. The van der Waals surface area contributed by atoms with Crippen LogP contribution in [0.2, 0.25) is 0 Å². The second kappa shape index (κ2) is 26.3. The molecule has 12 saturated carbocycles. The van der Waals surface area contributed by atoms with Gasteiger partial charge >= 0.3 is 0 Å². The fraction of sp³-hybridized carbons (Fsp3) is 0.946. The third kappa shape index (κ3) is 12.8. The van der Waals surface area contributed by atoms with Crippen LogP contribution in [0.4, 0.5) is 0 Å². The number of hydrogen-bond acceptors (Lipinski definition) is 2. The molecule has 0 N–H and O–H groups in total. The van der Waals surface area contributed by atoms with Gasteiger partial charge in [-0.15, -0.1) is 0 Å². The average Bonchev–Trinajstić information content (AvgIpc) is 3.54. The van der Waals surface area contributed by atoms with Crippen LogP contribution in [0.15, 0.2) is 24.3 Å². The molecule has 0 spiro atoms. The van der Waals surface area contributed by atoms with Gasteiger partial charge in [0.2, 0.25) is 0 Å². The van der Waals surface area contributed by atoms with Crippen LogP contribution in [-0.2, 0) is 0 Å². The highest BCUT2D eigenvalue weighted by molar-refractivity contribution is 5.08. The molecule has 76 heavy (non-hydrogen) atoms. The molecule has 0 saturated heterocycles. The maximum absolute atomic E-state index is 3.42. The van der Waals surface area contributed by atoms with Crippen LogP contribution in [0.3, 0.4) is 0 Å². The number of fused-ring (bicyclic) bond motifs is 3. The van der Waals surface area contributed by atoms with Crippen LogP contribution in [0.1, 0.15) is 297 Å². The second-order valence-corrected chi connectivity index (χ2v) is 32.0. The Labute approximate surface area is 471 Å². The van der Waals surface area contributed by atoms with Crippen LogP contribution < -0.4 is 0 Å². The minimum absolute atomic E-state index is 0.859. The molecule has 12 fully saturated rings. The van der Waals surface area contributed by atoms with Crippen molar-refractivity contribution < 1.29 is 0 Å². The molecule has 0 amide bonds. The molecule has 0 bridgehead atoms. The van der Waals surface area contributed by atoms with E-state index in [2.05, 4.69) is 61.8 Å². The Morgan fingerprint density at radius 1 is 0.197 bits per heavy atom. The van der Waals surface area contributed by atoms with Crippen molar-refractivity contribution in [2.75, 3.05) is 0 Å². The molecule has 12 aliphatic rings. The summed E-state index contributed by atoms with van der Waals surface area (Å²) in [6, 6.07) is 5.31. The van der Waals surface area contributed by atoms with Gasteiger partial charge in [0.15, 0.2) is 0 Å². The molecule has 2 nitrogen and oxygen atoms in total. The van der Waals surface area contributed by atoms with Crippen molar-refractivity contribution in [1.82, 2.24) is 9.80 Å². The smallest absolute Gasteiger partial charge is 0.0132 e. The second-order valence-electron chi connectivity index (χ2n) is 32.0. The number of hydrogen-bond donors (Lipinski definition) is 0. The number of nitrogens with zero attached hydrogens (tertiary/aromatic N) is 2. The summed E-state index contributed by atoms with van der Waals surface area (Å²) >= 11 is 0. The fourth-order valence-corrected chi connectivity index (χ4v) is 23.4. The summed E-state index contributed by atoms with van der Waals surface area (Å²) in [5, 5.41) is 0. The van der Waals surface area contributed by atoms with Crippen LogP contribution in [0.5, 0.6) is 0 Å². The van der Waals surface area contributed by atoms with E-state index in [-0.39, 0.29) is 0 Å². The Balaban J connectivity index is 0.721. The van der Waals surface area contributed by atoms with Crippen LogP contribution in [0.25, 0.3) is 0 Å². The van der Waals surface area contributed by atoms with Gasteiger partial charge in [-0.1, -0.05) is 116 Å². The van der Waals surface area contributed by atoms with E-state index in [1.54, 1.807) is 103 Å². The van der Waals surface area contributed by atoms with E-state index in [9.17, 15) is 0 Å². The molecule has 12 unspecified atom stereocenters. The molecule has 12 rings (SSSR count). The first-order valence-corrected chi connectivity index (χ1v) is 36.2. The van der Waals surface area contributed by atoms with E-state index in [0.717, 1.165) is 143 Å². The molecule has 0 aromatic heterocycles. The first kappa shape index (κ1) is 55.9. The van der Waals surface area contributed by atoms with Crippen molar-refractivity contribution in [3.05, 3.63) is 24.3 Å². The van der Waals surface area contributed by atoms with Crippen molar-refractivity contribution in [1.29, 1.82) is 0 Å². The van der Waals surface area contributed by atoms with Crippen molar-refractivity contribution in [3.63, 3.8) is 0 Å². The molecular weight excluding hydrogens is 917 g/mol. The zero-order chi connectivity index (χ0) is 51.5. The van der Waals surface area contributed by atoms with Crippen LogP contribution in [0, 0.1) is 107 Å². The van der Waals surface area contributed by atoms with Gasteiger partial charge in [-0.2, -0.15) is 0 Å². The number of rotatable bonds is 12. The van der Waals surface area contributed by atoms with Gasteiger partial charge in [0.1, 0.15) is 0 Å². The lowest BCUT2D eigenvalue weighted by molar-refractivity contribution is -0.107. The molecule has 12 atom stereocenters. The predicted molar refractivity (Wildman–Crippen MR) is 324 cm³/mol. The highest BCUT2D eigenvalue weighted by Crippen LogP contribution is 2.61. The van der Waals surface area contributed by atoms with E-state index in [0.29, 0.717) is 0 Å². The lowest BCUT2D eigenvalue weighted by Gasteiger charge is -2.60. The summed E-state index contributed by atoms with van der Waals surface area (Å²) in [6.07, 6.45) is 75.0. The third-order valence-electron chi connectivity index (χ3n) is 27.7. The summed E-state index contributed by atoms with van der Waals surface area (Å²) in [6.45, 7) is 10.1. The molecule has 0 heterocycles. The van der Waals surface area contributed by atoms with Gasteiger partial charge in [0, 0.05) is 36.3 Å². The van der Waals surface area contributed by atoms with E-state index in [1.807, 2.05) is 0 Å². The van der Waals surface area contributed by atoms with E-state index < -0.39 is 0 Å². The normalized spacial score (nSPS) is 49.1. The average molecular weight is 1040 g/mol. The molecular formula is C74H124N2. The largest absolute Gasteiger partial charge is 0.294 e. The van der Waals surface area contributed by atoms with E-state index in [4.69, 9.17) is 0 Å². The van der Waals surface area contributed by atoms with Crippen molar-refractivity contribution >= 4 is 0 Å². The van der Waals surface area contributed by atoms with Crippen molar-refractivity contribution in [2.45, 2.75) is 334 Å². The summed E-state index contributed by atoms with van der Waals surface area (Å²) in [5.41, 5.74) is 0. The fourth-order valence-electron chi connectivity index (χ4n) is 23.4. The van der Waals surface area contributed by atoms with Gasteiger partial charge in [-0.3, -0.25) is 9.80 Å². The third-order valence-corrected chi connectivity index (χ3v) is 27.7. The van der Waals surface area contributed by atoms with Crippen molar-refractivity contribution in [2.24, 2.45) is 107 Å². The first-order valence-electron chi connectivity index (χ1n) is 36.2. The Kier molecular flexibility index (Phi) is 19.4. The molecule has 0 aliphatic heterocycles. The Morgan fingerprint density at radius 2 is 0.395 bits per heavy atom. The minimum atomic E-state index is 0.859. The molecule has 12 aliphatic carbocycles. The SMILES string of the molecule is CC1CCC(/C=C/C2CCC(N(C3CCC(C)CC3)C3CCC(C4CCC(C5CCC(N(C6CCC(C)CC6)C6CCC(/C=C/C7CCC(C)CC7)CC6)C6CCCCC56)C5CCCCC54)C4CCCCC43)CC2)CC1. The van der Waals surface area contributed by atoms with Gasteiger partial charge in [-0.25, -0.2) is 0 Å². The lowest BCUT2D eigenvalue weighted by Crippen LogP contribution is -2.59. The summed E-state index contributed by atoms with van der Waals surface area (Å²) in [7, 11) is 0. The quantitative estimate of drug-likeness (QED) is 0.180. The van der Waals surface area contributed by atoms with Crippen LogP contribution in [-0.4, -0.2) is 46.1 Å². The summed E-state index contributed by atoms with van der Waals surface area (Å²) < 4.78 is 0. The minimum Gasteiger partial charge on any atom is -0.294 e. The van der Waals surface area contributed by atoms with Gasteiger partial charge in [0.05, 0.1) is 0 Å². The van der Waals surface area contributed by atoms with Gasteiger partial charge in [-0.05, 0) is 312 Å². The molecule has 0 radical (unpaired) electrons. The maximum Gasteiger partial charge on any atom is 0.0132 e. The standard InChI is InChI=1S/C74H124N2/c1-51-17-25-55(26-18-51)29-31-57-33-41-61(42-34-57)75(59-37-21-53(3)22-38-59)73-49-47-69(65-13-7-9-15-71(65)73)67-45-46-68(64-12-6-5-11-63(64)67)70-48-50-74(72-16-10-8-14-66(70)72)76(60-39-23-54(4)24-40-60)62-43-35-58(36-44-62)32-30-56-27-19-52(2)20-28-56/h29-32,51-74H,5-28,33-50H2,1-4H3/b31-29+,32-30+. The molecule has 430 valence electrons. The molecule has 0 aromatic rings. The Bertz CT molecular complexity index is 1650. The zero-order valence-electron chi connectivity index (χ0n) is 50.8. The predicted octanol–water partition coefficient (Wildman–Crippen LogP) is 20.6. The highest BCUT2D eigenvalue weighted by atomic mass is 15.2. The monoisotopic (exact) mass is 1040 g/mol.